The number of carbonyl (C=O) groups excluding carboxylic acids is 3. The summed E-state index contributed by atoms with van der Waals surface area (Å²) in [4.78, 5) is 49.6. The van der Waals surface area contributed by atoms with E-state index in [0.717, 1.165) is 52.9 Å². The van der Waals surface area contributed by atoms with Crippen LogP contribution in [-0.2, 0) is 31.0 Å². The quantitative estimate of drug-likeness (QED) is 0.328. The zero-order chi connectivity index (χ0) is 34.2. The minimum atomic E-state index is -3.79. The maximum absolute atomic E-state index is 14.0. The molecule has 3 aliphatic heterocycles. The number of amides is 3. The van der Waals surface area contributed by atoms with Crippen molar-refractivity contribution in [1.82, 2.24) is 24.4 Å². The van der Waals surface area contributed by atoms with Crippen LogP contribution in [0.1, 0.15) is 70.3 Å². The van der Waals surface area contributed by atoms with E-state index >= 15 is 0 Å². The lowest BCUT2D eigenvalue weighted by molar-refractivity contribution is -0.153. The highest BCUT2D eigenvalue weighted by atomic mass is 32.2. The second kappa shape index (κ2) is 13.7. The van der Waals surface area contributed by atoms with Crippen molar-refractivity contribution in [2.75, 3.05) is 34.4 Å². The lowest BCUT2D eigenvalue weighted by atomic mass is 9.82. The molecule has 260 valence electrons. The third-order valence-corrected chi connectivity index (χ3v) is 12.5. The Morgan fingerprint density at radius 2 is 1.83 bits per heavy atom. The van der Waals surface area contributed by atoms with Gasteiger partial charge >= 0.3 is 0 Å². The van der Waals surface area contributed by atoms with Crippen LogP contribution in [0.15, 0.2) is 36.4 Å². The van der Waals surface area contributed by atoms with Crippen molar-refractivity contribution in [3.63, 3.8) is 0 Å². The molecule has 4 aliphatic rings. The van der Waals surface area contributed by atoms with Crippen LogP contribution in [0.3, 0.4) is 0 Å². The fraction of sp³-hybridized carbons (Fsp3) is 0.600. The Hall–Kier alpha value is -3.71. The molecular formula is C35H47N5O7S. The minimum Gasteiger partial charge on any atom is -0.497 e. The molecule has 0 spiro atoms. The summed E-state index contributed by atoms with van der Waals surface area (Å²) in [5, 5.41) is 3.38. The minimum absolute atomic E-state index is 0.0102. The molecular weight excluding hydrogens is 634 g/mol. The molecule has 3 amide bonds. The van der Waals surface area contributed by atoms with Crippen LogP contribution >= 0.6 is 0 Å². The van der Waals surface area contributed by atoms with Crippen LogP contribution in [0.25, 0.3) is 10.9 Å². The SMILES string of the molecule is COc1ccc2c(CN(C)C[C@@H]3C[C@H]4C(=O)N[C@@]5(C)C(=O)N(S(=O)(=O)C6CC6)[C@H]5/C=C\CCCCCCC(=O)N4C3)cc(OC)nc2c1. The smallest absolute Gasteiger partial charge is 0.264 e. The van der Waals surface area contributed by atoms with Crippen LogP contribution in [-0.4, -0.2) is 102 Å². The highest BCUT2D eigenvalue weighted by molar-refractivity contribution is 7.90. The number of rotatable bonds is 8. The number of methoxy groups -OCH3 is 2. The van der Waals surface area contributed by atoms with Crippen molar-refractivity contribution >= 4 is 38.6 Å². The lowest BCUT2D eigenvalue weighted by Crippen LogP contribution is -2.80. The van der Waals surface area contributed by atoms with Crippen molar-refractivity contribution in [3.05, 3.63) is 42.0 Å². The lowest BCUT2D eigenvalue weighted by Gasteiger charge is -2.52. The number of nitrogens with one attached hydrogen (secondary N) is 1. The average Bonchev–Trinajstić information content (AvgIpc) is 3.85. The van der Waals surface area contributed by atoms with E-state index in [-0.39, 0.29) is 11.8 Å². The zero-order valence-electron chi connectivity index (χ0n) is 28.3. The zero-order valence-corrected chi connectivity index (χ0v) is 29.1. The molecule has 12 nitrogen and oxygen atoms in total. The predicted molar refractivity (Wildman–Crippen MR) is 181 cm³/mol. The Labute approximate surface area is 282 Å². The van der Waals surface area contributed by atoms with E-state index in [1.54, 1.807) is 32.1 Å². The van der Waals surface area contributed by atoms with Gasteiger partial charge in [-0.15, -0.1) is 0 Å². The van der Waals surface area contributed by atoms with Crippen LogP contribution in [0.4, 0.5) is 0 Å². The average molecular weight is 682 g/mol. The molecule has 4 atom stereocenters. The van der Waals surface area contributed by atoms with Crippen molar-refractivity contribution in [2.45, 2.75) is 94.1 Å². The predicted octanol–water partition coefficient (Wildman–Crippen LogP) is 3.39. The number of carbonyl (C=O) groups is 3. The number of β-lactam (4-membered cyclic amide) rings is 1. The molecule has 1 aromatic heterocycles. The third kappa shape index (κ3) is 6.63. The Morgan fingerprint density at radius 3 is 2.56 bits per heavy atom. The molecule has 48 heavy (non-hydrogen) atoms. The number of pyridine rings is 1. The van der Waals surface area contributed by atoms with Gasteiger partial charge in [-0.2, -0.15) is 0 Å². The van der Waals surface area contributed by atoms with E-state index in [1.807, 2.05) is 37.4 Å². The molecule has 0 bridgehead atoms. The first-order valence-corrected chi connectivity index (χ1v) is 18.5. The largest absolute Gasteiger partial charge is 0.497 e. The second-order valence-electron chi connectivity index (χ2n) is 13.9. The second-order valence-corrected chi connectivity index (χ2v) is 16.0. The molecule has 2 aromatic rings. The summed E-state index contributed by atoms with van der Waals surface area (Å²) in [7, 11) is 1.42. The van der Waals surface area contributed by atoms with Gasteiger partial charge in [0.05, 0.1) is 31.0 Å². The molecule has 13 heteroatoms. The third-order valence-electron chi connectivity index (χ3n) is 10.2. The summed E-state index contributed by atoms with van der Waals surface area (Å²) in [6, 6.07) is 6.14. The van der Waals surface area contributed by atoms with Gasteiger partial charge in [0.1, 0.15) is 17.3 Å². The van der Waals surface area contributed by atoms with E-state index < -0.39 is 44.7 Å². The topological polar surface area (TPSA) is 138 Å². The summed E-state index contributed by atoms with van der Waals surface area (Å²) in [5.41, 5.74) is 0.385. The molecule has 1 saturated carbocycles. The summed E-state index contributed by atoms with van der Waals surface area (Å²) in [6.45, 7) is 3.25. The van der Waals surface area contributed by atoms with Gasteiger partial charge in [-0.05, 0) is 76.1 Å². The van der Waals surface area contributed by atoms with Gasteiger partial charge in [0.25, 0.3) is 5.91 Å². The molecule has 1 aromatic carbocycles. The fourth-order valence-corrected chi connectivity index (χ4v) is 9.51. The van der Waals surface area contributed by atoms with Crippen LogP contribution in [0.5, 0.6) is 11.6 Å². The number of fused-ring (bicyclic) bond motifs is 3. The normalized spacial score (nSPS) is 27.9. The Morgan fingerprint density at radius 1 is 1.06 bits per heavy atom. The van der Waals surface area contributed by atoms with E-state index in [1.165, 1.54) is 0 Å². The van der Waals surface area contributed by atoms with Crippen molar-refractivity contribution in [3.8, 4) is 11.6 Å². The first-order chi connectivity index (χ1) is 23.0. The number of allylic oxidation sites excluding steroid dienone is 1. The summed E-state index contributed by atoms with van der Waals surface area (Å²) in [6.07, 6.45) is 9.79. The highest BCUT2D eigenvalue weighted by Gasteiger charge is 2.64. The fourth-order valence-electron chi connectivity index (χ4n) is 7.44. The van der Waals surface area contributed by atoms with E-state index in [9.17, 15) is 22.8 Å². The summed E-state index contributed by atoms with van der Waals surface area (Å²) < 4.78 is 38.3. The molecule has 0 radical (unpaired) electrons. The first-order valence-electron chi connectivity index (χ1n) is 17.0. The molecule has 3 fully saturated rings. The maximum atomic E-state index is 14.0. The number of nitrogens with zero attached hydrogens (tertiary/aromatic N) is 4. The van der Waals surface area contributed by atoms with Gasteiger partial charge in [0, 0.05) is 43.6 Å². The number of hydrogen-bond donors (Lipinski definition) is 1. The molecule has 2 saturated heterocycles. The summed E-state index contributed by atoms with van der Waals surface area (Å²) >= 11 is 0. The van der Waals surface area contributed by atoms with Crippen molar-refractivity contribution < 1.29 is 32.3 Å². The van der Waals surface area contributed by atoms with Gasteiger partial charge in [-0.1, -0.05) is 25.0 Å². The molecule has 1 N–H and O–H groups in total. The first kappa shape index (κ1) is 34.2. The van der Waals surface area contributed by atoms with E-state index in [2.05, 4.69) is 15.2 Å². The van der Waals surface area contributed by atoms with Gasteiger partial charge in [0.15, 0.2) is 0 Å². The van der Waals surface area contributed by atoms with Crippen molar-refractivity contribution in [2.24, 2.45) is 5.92 Å². The van der Waals surface area contributed by atoms with Gasteiger partial charge < -0.3 is 24.6 Å². The van der Waals surface area contributed by atoms with Gasteiger partial charge in [0.2, 0.25) is 27.7 Å². The Balaban J connectivity index is 1.21. The summed E-state index contributed by atoms with van der Waals surface area (Å²) in [5.74, 6) is 0.120. The van der Waals surface area contributed by atoms with Crippen LogP contribution < -0.4 is 14.8 Å². The van der Waals surface area contributed by atoms with Crippen molar-refractivity contribution in [1.29, 1.82) is 0 Å². The van der Waals surface area contributed by atoms with E-state index in [4.69, 9.17) is 9.47 Å². The number of ether oxygens (including phenoxy) is 2. The van der Waals surface area contributed by atoms with Gasteiger partial charge in [-0.3, -0.25) is 14.4 Å². The monoisotopic (exact) mass is 681 g/mol. The number of benzene rings is 1. The molecule has 0 unspecified atom stereocenters. The number of sulfonamides is 1. The Bertz CT molecular complexity index is 1700. The maximum Gasteiger partial charge on any atom is 0.264 e. The van der Waals surface area contributed by atoms with Gasteiger partial charge in [-0.25, -0.2) is 17.7 Å². The molecule has 6 rings (SSSR count). The number of aromatic nitrogens is 1. The molecule has 1 aliphatic carbocycles. The highest BCUT2D eigenvalue weighted by Crippen LogP contribution is 2.42. The number of hydrogen-bond acceptors (Lipinski definition) is 9. The standard InChI is InChI=1S/C35H47N5O7S/c1-35-30(40(34(35)43)48(44,45)26-14-15-26)11-9-7-5-6-8-10-12-32(41)39-21-23(17-29(39)33(42)37-35)20-38(2)22-24-18-31(47-4)36-28-19-25(46-3)13-16-27(24)28/h9,11,13,16,18-19,23,26,29-30H,5-8,10,12,14-15,17,20-22H2,1-4H3,(H,37,42)/b11-9-/t23-,29-,30-,35+/m0/s1. The Kier molecular flexibility index (Phi) is 9.72. The van der Waals surface area contributed by atoms with E-state index in [0.29, 0.717) is 56.9 Å². The van der Waals surface area contributed by atoms with Crippen LogP contribution in [0, 0.1) is 5.92 Å². The van der Waals surface area contributed by atoms with Crippen LogP contribution in [0.2, 0.25) is 0 Å². The molecule has 4 heterocycles.